The van der Waals surface area contributed by atoms with Crippen LogP contribution in [0, 0.1) is 17.0 Å². The zero-order valence-corrected chi connectivity index (χ0v) is 8.94. The minimum absolute atomic E-state index is 0.0798. The van der Waals surface area contributed by atoms with Crippen LogP contribution in [0.5, 0.6) is 0 Å². The van der Waals surface area contributed by atoms with Crippen molar-refractivity contribution in [2.45, 2.75) is 20.8 Å². The quantitative estimate of drug-likeness (QED) is 0.577. The first-order chi connectivity index (χ1) is 7.16. The number of H-pyrrole nitrogens is 1. The van der Waals surface area contributed by atoms with Crippen LogP contribution in [-0.4, -0.2) is 14.9 Å². The summed E-state index contributed by atoms with van der Waals surface area (Å²) in [5.74, 6) is 0.760. The zero-order valence-electron chi connectivity index (χ0n) is 8.94. The monoisotopic (exact) mass is 207 g/mol. The fourth-order valence-corrected chi connectivity index (χ4v) is 1.24. The molecule has 0 atom stereocenters. The first-order valence-electron chi connectivity index (χ1n) is 4.77. The summed E-state index contributed by atoms with van der Waals surface area (Å²) in [5.41, 5.74) is 1.53. The highest BCUT2D eigenvalue weighted by Crippen LogP contribution is 2.18. The van der Waals surface area contributed by atoms with Gasteiger partial charge >= 0.3 is 0 Å². The molecule has 80 valence electrons. The van der Waals surface area contributed by atoms with Crippen molar-refractivity contribution in [2.75, 3.05) is 0 Å². The molecule has 15 heavy (non-hydrogen) atoms. The van der Waals surface area contributed by atoms with Gasteiger partial charge in [0.25, 0.3) is 5.69 Å². The van der Waals surface area contributed by atoms with Gasteiger partial charge in [-0.3, -0.25) is 10.1 Å². The molecule has 5 heteroatoms. The molecule has 2 aromatic rings. The number of nitro benzene ring substituents is 1. The standard InChI is InChI=1S/C8H7N3O2.C2H6/c1-5-9-7-3-2-6(11(12)13)4-8(7)10-5;1-2/h2-4H,1H3,(H,9,10);1-2H3. The van der Waals surface area contributed by atoms with Crippen molar-refractivity contribution in [3.63, 3.8) is 0 Å². The maximum atomic E-state index is 10.4. The number of aryl methyl sites for hydroxylation is 1. The molecule has 0 unspecified atom stereocenters. The third-order valence-electron chi connectivity index (χ3n) is 1.79. The van der Waals surface area contributed by atoms with Crippen molar-refractivity contribution in [1.82, 2.24) is 9.97 Å². The van der Waals surface area contributed by atoms with E-state index < -0.39 is 4.92 Å². The van der Waals surface area contributed by atoms with Crippen LogP contribution < -0.4 is 0 Å². The van der Waals surface area contributed by atoms with Gasteiger partial charge in [0.05, 0.1) is 16.0 Å². The number of benzene rings is 1. The number of aromatic nitrogens is 2. The van der Waals surface area contributed by atoms with Gasteiger partial charge in [-0.1, -0.05) is 13.8 Å². The highest BCUT2D eigenvalue weighted by molar-refractivity contribution is 5.77. The molecule has 0 saturated heterocycles. The van der Waals surface area contributed by atoms with Gasteiger partial charge in [0.2, 0.25) is 0 Å². The smallest absolute Gasteiger partial charge is 0.271 e. The Kier molecular flexibility index (Phi) is 3.38. The fraction of sp³-hybridized carbons (Fsp3) is 0.300. The largest absolute Gasteiger partial charge is 0.342 e. The van der Waals surface area contributed by atoms with Gasteiger partial charge in [-0.15, -0.1) is 0 Å². The van der Waals surface area contributed by atoms with E-state index in [1.807, 2.05) is 20.8 Å². The lowest BCUT2D eigenvalue weighted by Gasteiger charge is -1.89. The summed E-state index contributed by atoms with van der Waals surface area (Å²) in [6.45, 7) is 5.81. The number of nitrogens with zero attached hydrogens (tertiary/aromatic N) is 2. The van der Waals surface area contributed by atoms with E-state index in [9.17, 15) is 10.1 Å². The summed E-state index contributed by atoms with van der Waals surface area (Å²) in [6, 6.07) is 4.56. The van der Waals surface area contributed by atoms with Crippen molar-refractivity contribution < 1.29 is 4.92 Å². The van der Waals surface area contributed by atoms with Crippen molar-refractivity contribution >= 4 is 16.7 Å². The molecule has 1 N–H and O–H groups in total. The Morgan fingerprint density at radius 2 is 2.07 bits per heavy atom. The summed E-state index contributed by atoms with van der Waals surface area (Å²) >= 11 is 0. The van der Waals surface area contributed by atoms with Gasteiger partial charge in [0, 0.05) is 12.1 Å². The number of nitrogens with one attached hydrogen (secondary N) is 1. The fourth-order valence-electron chi connectivity index (χ4n) is 1.24. The van der Waals surface area contributed by atoms with Crippen molar-refractivity contribution in [3.8, 4) is 0 Å². The second-order valence-electron chi connectivity index (χ2n) is 2.78. The predicted molar refractivity (Wildman–Crippen MR) is 58.8 cm³/mol. The van der Waals surface area contributed by atoms with Crippen LogP contribution in [-0.2, 0) is 0 Å². The molecule has 0 amide bonds. The minimum atomic E-state index is -0.421. The topological polar surface area (TPSA) is 71.8 Å². The van der Waals surface area contributed by atoms with Crippen LogP contribution in [0.15, 0.2) is 18.2 Å². The maximum absolute atomic E-state index is 10.4. The van der Waals surface area contributed by atoms with E-state index in [2.05, 4.69) is 9.97 Å². The Bertz CT molecular complexity index is 476. The Balaban J connectivity index is 0.000000531. The van der Waals surface area contributed by atoms with Crippen molar-refractivity contribution in [1.29, 1.82) is 0 Å². The van der Waals surface area contributed by atoms with Gasteiger partial charge < -0.3 is 4.98 Å². The van der Waals surface area contributed by atoms with Crippen LogP contribution in [0.1, 0.15) is 19.7 Å². The molecular weight excluding hydrogens is 194 g/mol. The first kappa shape index (κ1) is 11.2. The normalized spacial score (nSPS) is 9.53. The van der Waals surface area contributed by atoms with Crippen LogP contribution in [0.4, 0.5) is 5.69 Å². The molecule has 5 nitrogen and oxygen atoms in total. The van der Waals surface area contributed by atoms with Gasteiger partial charge in [-0.2, -0.15) is 0 Å². The number of nitro groups is 1. The van der Waals surface area contributed by atoms with E-state index in [1.54, 1.807) is 6.07 Å². The number of hydrogen-bond donors (Lipinski definition) is 1. The summed E-state index contributed by atoms with van der Waals surface area (Å²) < 4.78 is 0. The summed E-state index contributed by atoms with van der Waals surface area (Å²) in [4.78, 5) is 17.1. The van der Waals surface area contributed by atoms with Gasteiger partial charge in [0.15, 0.2) is 0 Å². The molecule has 0 fully saturated rings. The third kappa shape index (κ3) is 2.31. The Morgan fingerprint density at radius 1 is 1.40 bits per heavy atom. The van der Waals surface area contributed by atoms with E-state index in [0.29, 0.717) is 5.52 Å². The van der Waals surface area contributed by atoms with Crippen LogP contribution >= 0.6 is 0 Å². The van der Waals surface area contributed by atoms with E-state index >= 15 is 0 Å². The molecule has 0 saturated carbocycles. The lowest BCUT2D eigenvalue weighted by molar-refractivity contribution is -0.384. The molecular formula is C10H13N3O2. The van der Waals surface area contributed by atoms with E-state index in [-0.39, 0.29) is 5.69 Å². The lowest BCUT2D eigenvalue weighted by atomic mass is 10.3. The maximum Gasteiger partial charge on any atom is 0.271 e. The summed E-state index contributed by atoms with van der Waals surface area (Å²) in [7, 11) is 0. The molecule has 2 rings (SSSR count). The highest BCUT2D eigenvalue weighted by Gasteiger charge is 2.07. The number of hydrogen-bond acceptors (Lipinski definition) is 3. The number of imidazole rings is 1. The number of aromatic amines is 1. The predicted octanol–water partition coefficient (Wildman–Crippen LogP) is 2.81. The average Bonchev–Trinajstić information content (AvgIpc) is 2.59. The second kappa shape index (κ2) is 4.54. The number of fused-ring (bicyclic) bond motifs is 1. The molecule has 0 spiro atoms. The molecule has 0 aliphatic rings. The van der Waals surface area contributed by atoms with Crippen LogP contribution in [0.25, 0.3) is 11.0 Å². The second-order valence-corrected chi connectivity index (χ2v) is 2.78. The van der Waals surface area contributed by atoms with E-state index in [4.69, 9.17) is 0 Å². The SMILES string of the molecule is CC.Cc1nc2ccc([N+](=O)[O-])cc2[nH]1. The van der Waals surface area contributed by atoms with Gasteiger partial charge in [-0.05, 0) is 13.0 Å². The first-order valence-corrected chi connectivity index (χ1v) is 4.77. The Hall–Kier alpha value is -1.91. The average molecular weight is 207 g/mol. The van der Waals surface area contributed by atoms with E-state index in [1.165, 1.54) is 12.1 Å². The van der Waals surface area contributed by atoms with E-state index in [0.717, 1.165) is 11.3 Å². The highest BCUT2D eigenvalue weighted by atomic mass is 16.6. The molecule has 1 heterocycles. The van der Waals surface area contributed by atoms with Gasteiger partial charge in [-0.25, -0.2) is 4.98 Å². The van der Waals surface area contributed by atoms with Crippen LogP contribution in [0.3, 0.4) is 0 Å². The van der Waals surface area contributed by atoms with Crippen molar-refractivity contribution in [2.24, 2.45) is 0 Å². The molecule has 0 aliphatic heterocycles. The van der Waals surface area contributed by atoms with Gasteiger partial charge in [0.1, 0.15) is 5.82 Å². The lowest BCUT2D eigenvalue weighted by Crippen LogP contribution is -1.86. The molecule has 0 bridgehead atoms. The van der Waals surface area contributed by atoms with Crippen LogP contribution in [0.2, 0.25) is 0 Å². The minimum Gasteiger partial charge on any atom is -0.342 e. The van der Waals surface area contributed by atoms with Crippen molar-refractivity contribution in [3.05, 3.63) is 34.1 Å². The molecule has 1 aromatic heterocycles. The summed E-state index contributed by atoms with van der Waals surface area (Å²) in [5, 5.41) is 10.4. The molecule has 0 radical (unpaired) electrons. The summed E-state index contributed by atoms with van der Waals surface area (Å²) in [6.07, 6.45) is 0. The third-order valence-corrected chi connectivity index (χ3v) is 1.79. The number of non-ortho nitro benzene ring substituents is 1. The Labute approximate surface area is 87.3 Å². The Morgan fingerprint density at radius 3 is 2.67 bits per heavy atom. The number of rotatable bonds is 1. The zero-order chi connectivity index (χ0) is 11.4. The molecule has 1 aromatic carbocycles. The molecule has 0 aliphatic carbocycles.